The molecule has 34 heavy (non-hydrogen) atoms. The van der Waals surface area contributed by atoms with Gasteiger partial charge in [0, 0.05) is 17.8 Å². The smallest absolute Gasteiger partial charge is 0.322 e. The largest absolute Gasteiger partial charge is 0.497 e. The molecule has 0 saturated carbocycles. The summed E-state index contributed by atoms with van der Waals surface area (Å²) in [6.45, 7) is 4.48. The van der Waals surface area contributed by atoms with E-state index in [1.807, 2.05) is 50.2 Å². The summed E-state index contributed by atoms with van der Waals surface area (Å²) in [7, 11) is 4.76. The van der Waals surface area contributed by atoms with Gasteiger partial charge in [0.1, 0.15) is 5.75 Å². The lowest BCUT2D eigenvalue weighted by Crippen LogP contribution is -2.46. The number of allylic oxidation sites excluding steroid dienone is 1. The van der Waals surface area contributed by atoms with Crippen LogP contribution in [-0.4, -0.2) is 48.9 Å². The summed E-state index contributed by atoms with van der Waals surface area (Å²) in [6.07, 6.45) is 0.804. The molecule has 0 radical (unpaired) electrons. The summed E-state index contributed by atoms with van der Waals surface area (Å²) in [5.41, 5.74) is 3.05. The third kappa shape index (κ3) is 4.28. The molecule has 0 bridgehead atoms. The minimum atomic E-state index is -0.515. The molecule has 1 aliphatic heterocycles. The molecule has 1 atom stereocenters. The molecule has 1 aromatic heterocycles. The van der Waals surface area contributed by atoms with E-state index in [-0.39, 0.29) is 6.03 Å². The lowest BCUT2D eigenvalue weighted by molar-refractivity contribution is 0.205. The molecule has 9 nitrogen and oxygen atoms in total. The molecule has 2 aromatic carbocycles. The second-order valence-electron chi connectivity index (χ2n) is 7.80. The summed E-state index contributed by atoms with van der Waals surface area (Å²) in [4.78, 5) is 19.3. The van der Waals surface area contributed by atoms with E-state index in [1.54, 1.807) is 32.3 Å². The van der Waals surface area contributed by atoms with Crippen molar-refractivity contribution >= 4 is 11.6 Å². The Bertz CT molecular complexity index is 1220. The minimum Gasteiger partial charge on any atom is -0.497 e. The first-order valence-corrected chi connectivity index (χ1v) is 11.0. The van der Waals surface area contributed by atoms with Crippen LogP contribution in [0.4, 0.5) is 4.79 Å². The third-order valence-corrected chi connectivity index (χ3v) is 5.77. The van der Waals surface area contributed by atoms with E-state index in [2.05, 4.69) is 15.5 Å². The lowest BCUT2D eigenvalue weighted by Gasteiger charge is -2.35. The van der Waals surface area contributed by atoms with Crippen LogP contribution in [0.25, 0.3) is 17.0 Å². The fraction of sp³-hybridized carbons (Fsp3) is 0.320. The van der Waals surface area contributed by atoms with Gasteiger partial charge in [0.15, 0.2) is 11.5 Å². The van der Waals surface area contributed by atoms with Crippen LogP contribution < -0.4 is 19.5 Å². The molecular weight excluding hydrogens is 436 g/mol. The molecule has 0 spiro atoms. The number of benzene rings is 2. The Morgan fingerprint density at radius 3 is 2.56 bits per heavy atom. The molecule has 178 valence electrons. The second-order valence-corrected chi connectivity index (χ2v) is 7.80. The van der Waals surface area contributed by atoms with Crippen LogP contribution >= 0.6 is 0 Å². The number of hydrogen-bond acceptors (Lipinski definition) is 7. The van der Waals surface area contributed by atoms with Gasteiger partial charge in [-0.3, -0.25) is 4.90 Å². The normalized spacial score (nSPS) is 15.9. The number of methoxy groups -OCH3 is 3. The number of carbonyl (C=O) groups excluding carboxylic acids is 1. The first kappa shape index (κ1) is 23.2. The first-order valence-electron chi connectivity index (χ1n) is 11.0. The summed E-state index contributed by atoms with van der Waals surface area (Å²) in [5, 5.41) is 7.29. The molecule has 2 amide bonds. The fourth-order valence-electron chi connectivity index (χ4n) is 4.05. The average Bonchev–Trinajstić information content (AvgIpc) is 3.35. The summed E-state index contributed by atoms with van der Waals surface area (Å²) in [5.74, 6) is 2.61. The fourth-order valence-corrected chi connectivity index (χ4v) is 4.05. The zero-order chi connectivity index (χ0) is 24.2. The Morgan fingerprint density at radius 2 is 1.85 bits per heavy atom. The lowest BCUT2D eigenvalue weighted by atomic mass is 9.94. The predicted molar refractivity (Wildman–Crippen MR) is 127 cm³/mol. The molecule has 3 aromatic rings. The maximum absolute atomic E-state index is 13.0. The highest BCUT2D eigenvalue weighted by molar-refractivity contribution is 5.87. The Kier molecular flexibility index (Phi) is 6.72. The maximum atomic E-state index is 13.0. The van der Waals surface area contributed by atoms with Gasteiger partial charge in [-0.1, -0.05) is 30.3 Å². The van der Waals surface area contributed by atoms with Gasteiger partial charge in [0.05, 0.1) is 32.9 Å². The van der Waals surface area contributed by atoms with Crippen molar-refractivity contribution in [2.45, 2.75) is 26.3 Å². The number of hydrogen-bond donors (Lipinski definition) is 1. The summed E-state index contributed by atoms with van der Waals surface area (Å²) >= 11 is 0. The van der Waals surface area contributed by atoms with Gasteiger partial charge in [-0.2, -0.15) is 4.98 Å². The quantitative estimate of drug-likeness (QED) is 0.517. The van der Waals surface area contributed by atoms with E-state index >= 15 is 0 Å². The first-order chi connectivity index (χ1) is 16.5. The highest BCUT2D eigenvalue weighted by Crippen LogP contribution is 2.40. The number of aromatic nitrogens is 2. The van der Waals surface area contributed by atoms with Crippen molar-refractivity contribution in [2.24, 2.45) is 0 Å². The van der Waals surface area contributed by atoms with Gasteiger partial charge in [-0.25, -0.2) is 4.79 Å². The topological polar surface area (TPSA) is 99.0 Å². The van der Waals surface area contributed by atoms with E-state index in [9.17, 15) is 4.79 Å². The zero-order valence-corrected chi connectivity index (χ0v) is 19.9. The summed E-state index contributed by atoms with van der Waals surface area (Å²) in [6, 6.07) is 12.3. The van der Waals surface area contributed by atoms with Gasteiger partial charge in [0.25, 0.3) is 5.89 Å². The van der Waals surface area contributed by atoms with Crippen molar-refractivity contribution < 1.29 is 23.5 Å². The molecule has 4 rings (SSSR count). The van der Waals surface area contributed by atoms with Crippen molar-refractivity contribution in [1.29, 1.82) is 0 Å². The van der Waals surface area contributed by atoms with E-state index in [0.29, 0.717) is 35.5 Å². The van der Waals surface area contributed by atoms with Gasteiger partial charge in [-0.15, -0.1) is 0 Å². The minimum absolute atomic E-state index is 0.185. The Labute approximate surface area is 198 Å². The number of carbonyl (C=O) groups is 1. The van der Waals surface area contributed by atoms with E-state index < -0.39 is 6.04 Å². The maximum Gasteiger partial charge on any atom is 0.322 e. The highest BCUT2D eigenvalue weighted by atomic mass is 16.5. The standard InChI is InChI=1S/C25H28N4O5/c1-6-12-29-15(2)21(24-27-23(28-34-24)17-8-7-9-18(13-17)31-3)22(26-25(29)30)16-10-11-19(32-4)20(14-16)33-5/h7-11,13-14,22H,6,12H2,1-5H3,(H,26,30). The van der Waals surface area contributed by atoms with Gasteiger partial charge < -0.3 is 24.1 Å². The monoisotopic (exact) mass is 464 g/mol. The number of nitrogens with one attached hydrogen (secondary N) is 1. The molecule has 2 heterocycles. The van der Waals surface area contributed by atoms with Crippen LogP contribution in [0.5, 0.6) is 17.2 Å². The molecule has 9 heteroatoms. The second kappa shape index (κ2) is 9.86. The molecule has 0 aliphatic carbocycles. The molecule has 1 N–H and O–H groups in total. The number of urea groups is 1. The van der Waals surface area contributed by atoms with Gasteiger partial charge in [-0.05, 0) is 43.2 Å². The van der Waals surface area contributed by atoms with Gasteiger partial charge >= 0.3 is 6.03 Å². The SMILES string of the molecule is CCCN1C(=O)NC(c2ccc(OC)c(OC)c2)C(c2nc(-c3cccc(OC)c3)no2)=C1C. The van der Waals surface area contributed by atoms with Crippen molar-refractivity contribution in [3.8, 4) is 28.6 Å². The zero-order valence-electron chi connectivity index (χ0n) is 19.9. The number of nitrogens with zero attached hydrogens (tertiary/aromatic N) is 3. The Morgan fingerprint density at radius 1 is 1.06 bits per heavy atom. The molecule has 1 aliphatic rings. The third-order valence-electron chi connectivity index (χ3n) is 5.77. The molecule has 1 unspecified atom stereocenters. The van der Waals surface area contributed by atoms with Crippen LogP contribution in [-0.2, 0) is 0 Å². The van der Waals surface area contributed by atoms with Gasteiger partial charge in [0.2, 0.25) is 5.82 Å². The molecule has 0 saturated heterocycles. The van der Waals surface area contributed by atoms with Crippen molar-refractivity contribution in [3.05, 3.63) is 59.6 Å². The Hall–Kier alpha value is -4.01. The van der Waals surface area contributed by atoms with Crippen molar-refractivity contribution in [2.75, 3.05) is 27.9 Å². The summed E-state index contributed by atoms with van der Waals surface area (Å²) < 4.78 is 21.9. The van der Waals surface area contributed by atoms with Crippen LogP contribution in [0.1, 0.15) is 37.8 Å². The highest BCUT2D eigenvalue weighted by Gasteiger charge is 2.35. The van der Waals surface area contributed by atoms with E-state index in [4.69, 9.17) is 18.7 Å². The van der Waals surface area contributed by atoms with Crippen LogP contribution in [0.3, 0.4) is 0 Å². The van der Waals surface area contributed by atoms with Crippen molar-refractivity contribution in [1.82, 2.24) is 20.4 Å². The molecule has 0 fully saturated rings. The van der Waals surface area contributed by atoms with E-state index in [0.717, 1.165) is 28.8 Å². The molecular formula is C25H28N4O5. The van der Waals surface area contributed by atoms with Crippen molar-refractivity contribution in [3.63, 3.8) is 0 Å². The number of rotatable bonds is 8. The number of amides is 2. The number of ether oxygens (including phenoxy) is 3. The average molecular weight is 465 g/mol. The van der Waals surface area contributed by atoms with Crippen LogP contribution in [0.15, 0.2) is 52.7 Å². The van der Waals surface area contributed by atoms with Crippen LogP contribution in [0, 0.1) is 0 Å². The predicted octanol–water partition coefficient (Wildman–Crippen LogP) is 4.67. The van der Waals surface area contributed by atoms with E-state index in [1.165, 1.54) is 0 Å². The Balaban J connectivity index is 1.82. The van der Waals surface area contributed by atoms with Crippen LogP contribution in [0.2, 0.25) is 0 Å².